The first kappa shape index (κ1) is 12.3. The Morgan fingerprint density at radius 2 is 2.00 bits per heavy atom. The summed E-state index contributed by atoms with van der Waals surface area (Å²) >= 11 is 0. The Morgan fingerprint density at radius 1 is 1.31 bits per heavy atom. The summed E-state index contributed by atoms with van der Waals surface area (Å²) in [5.41, 5.74) is 5.24. The van der Waals surface area contributed by atoms with Crippen LogP contribution in [-0.2, 0) is 4.74 Å². The molecule has 1 aliphatic carbocycles. The fourth-order valence-corrected chi connectivity index (χ4v) is 3.05. The molecular formula is C12H24N2O2. The molecule has 1 unspecified atom stereocenters. The molecule has 0 aromatic rings. The highest BCUT2D eigenvalue weighted by Gasteiger charge is 2.55. The number of hydrogen-bond acceptors (Lipinski definition) is 4. The molecule has 1 heterocycles. The minimum atomic E-state index is -0.688. The first-order chi connectivity index (χ1) is 7.49. The predicted molar refractivity (Wildman–Crippen MR) is 63.2 cm³/mol. The van der Waals surface area contributed by atoms with Crippen molar-refractivity contribution in [1.29, 1.82) is 0 Å². The zero-order valence-electron chi connectivity index (χ0n) is 10.4. The third-order valence-corrected chi connectivity index (χ3v) is 4.48. The summed E-state index contributed by atoms with van der Waals surface area (Å²) in [6.45, 7) is 2.00. The van der Waals surface area contributed by atoms with Gasteiger partial charge in [-0.1, -0.05) is 0 Å². The summed E-state index contributed by atoms with van der Waals surface area (Å²) in [5.74, 6) is 0. The van der Waals surface area contributed by atoms with Crippen LogP contribution in [0.4, 0.5) is 0 Å². The number of ether oxygens (including phenoxy) is 1. The molecule has 2 aliphatic rings. The number of nitrogens with two attached hydrogens (primary N) is 1. The highest BCUT2D eigenvalue weighted by molar-refractivity contribution is 5.13. The van der Waals surface area contributed by atoms with E-state index in [-0.39, 0.29) is 6.10 Å². The third-order valence-electron chi connectivity index (χ3n) is 4.48. The largest absolute Gasteiger partial charge is 0.388 e. The molecule has 0 bridgehead atoms. The lowest BCUT2D eigenvalue weighted by Crippen LogP contribution is -2.69. The molecule has 4 nitrogen and oxygen atoms in total. The van der Waals surface area contributed by atoms with Gasteiger partial charge in [0.05, 0.1) is 11.7 Å². The summed E-state index contributed by atoms with van der Waals surface area (Å²) in [7, 11) is 3.82. The molecule has 0 aromatic carbocycles. The van der Waals surface area contributed by atoms with E-state index in [4.69, 9.17) is 10.5 Å². The van der Waals surface area contributed by atoms with E-state index < -0.39 is 11.1 Å². The maximum atomic E-state index is 10.8. The van der Waals surface area contributed by atoms with Gasteiger partial charge in [-0.2, -0.15) is 0 Å². The van der Waals surface area contributed by atoms with Gasteiger partial charge < -0.3 is 20.5 Å². The lowest BCUT2D eigenvalue weighted by atomic mass is 9.62. The van der Waals surface area contributed by atoms with Crippen molar-refractivity contribution in [1.82, 2.24) is 4.90 Å². The molecule has 2 fully saturated rings. The van der Waals surface area contributed by atoms with Crippen LogP contribution in [-0.4, -0.2) is 54.5 Å². The molecule has 1 saturated heterocycles. The molecule has 1 atom stereocenters. The van der Waals surface area contributed by atoms with Crippen LogP contribution in [0.25, 0.3) is 0 Å². The molecule has 0 spiro atoms. The quantitative estimate of drug-likeness (QED) is 0.715. The second kappa shape index (κ2) is 4.26. The lowest BCUT2D eigenvalue weighted by molar-refractivity contribution is -0.132. The molecule has 0 amide bonds. The summed E-state index contributed by atoms with van der Waals surface area (Å²) in [6.07, 6.45) is 4.48. The van der Waals surface area contributed by atoms with Crippen molar-refractivity contribution < 1.29 is 9.84 Å². The molecule has 16 heavy (non-hydrogen) atoms. The standard InChI is InChI=1S/C12H24N2O2/c1-14-6-3-4-12(15,5-7-14)11(13)8-10(9-11)16-2/h10,15H,3-9,13H2,1-2H3. The SMILES string of the molecule is COC1CC(N)(C2(O)CCCN(C)CC2)C1. The van der Waals surface area contributed by atoms with E-state index in [1.165, 1.54) is 0 Å². The van der Waals surface area contributed by atoms with Crippen LogP contribution < -0.4 is 5.73 Å². The molecule has 0 radical (unpaired) electrons. The fourth-order valence-electron chi connectivity index (χ4n) is 3.05. The maximum Gasteiger partial charge on any atom is 0.0840 e. The van der Waals surface area contributed by atoms with Crippen LogP contribution in [0.5, 0.6) is 0 Å². The van der Waals surface area contributed by atoms with Gasteiger partial charge in [0.25, 0.3) is 0 Å². The van der Waals surface area contributed by atoms with Gasteiger partial charge in [-0.25, -0.2) is 0 Å². The number of methoxy groups -OCH3 is 1. The second-order valence-electron chi connectivity index (χ2n) is 5.61. The van der Waals surface area contributed by atoms with Crippen molar-refractivity contribution in [2.24, 2.45) is 5.73 Å². The summed E-state index contributed by atoms with van der Waals surface area (Å²) < 4.78 is 5.27. The lowest BCUT2D eigenvalue weighted by Gasteiger charge is -2.54. The summed E-state index contributed by atoms with van der Waals surface area (Å²) in [6, 6.07) is 0. The van der Waals surface area contributed by atoms with Crippen molar-refractivity contribution in [2.45, 2.75) is 49.3 Å². The van der Waals surface area contributed by atoms with Crippen molar-refractivity contribution in [3.63, 3.8) is 0 Å². The van der Waals surface area contributed by atoms with Crippen molar-refractivity contribution in [3.8, 4) is 0 Å². The predicted octanol–water partition coefficient (Wildman–Crippen LogP) is 0.340. The van der Waals surface area contributed by atoms with Crippen LogP contribution in [0.2, 0.25) is 0 Å². The van der Waals surface area contributed by atoms with Gasteiger partial charge in [0.1, 0.15) is 0 Å². The number of hydrogen-bond donors (Lipinski definition) is 2. The Labute approximate surface area is 97.7 Å². The Hall–Kier alpha value is -0.160. The Bertz CT molecular complexity index is 253. The van der Waals surface area contributed by atoms with Gasteiger partial charge in [0.15, 0.2) is 0 Å². The van der Waals surface area contributed by atoms with E-state index in [9.17, 15) is 5.11 Å². The van der Waals surface area contributed by atoms with Gasteiger partial charge in [0.2, 0.25) is 0 Å². The monoisotopic (exact) mass is 228 g/mol. The number of aliphatic hydroxyl groups is 1. The van der Waals surface area contributed by atoms with E-state index in [1.807, 2.05) is 0 Å². The molecular weight excluding hydrogens is 204 g/mol. The van der Waals surface area contributed by atoms with Gasteiger partial charge >= 0.3 is 0 Å². The third kappa shape index (κ3) is 1.99. The van der Waals surface area contributed by atoms with Gasteiger partial charge in [-0.3, -0.25) is 0 Å². The van der Waals surface area contributed by atoms with Crippen LogP contribution in [0.1, 0.15) is 32.1 Å². The van der Waals surface area contributed by atoms with Crippen LogP contribution in [0, 0.1) is 0 Å². The summed E-state index contributed by atoms with van der Waals surface area (Å²) in [5, 5.41) is 10.8. The van der Waals surface area contributed by atoms with Crippen molar-refractivity contribution in [3.05, 3.63) is 0 Å². The van der Waals surface area contributed by atoms with E-state index >= 15 is 0 Å². The van der Waals surface area contributed by atoms with E-state index in [2.05, 4.69) is 11.9 Å². The highest BCUT2D eigenvalue weighted by Crippen LogP contribution is 2.44. The normalized spacial score (nSPS) is 46.1. The average Bonchev–Trinajstić information content (AvgIpc) is 2.37. The molecule has 3 N–H and O–H groups in total. The zero-order chi connectivity index (χ0) is 11.8. The maximum absolute atomic E-state index is 10.8. The Balaban J connectivity index is 2.01. The minimum absolute atomic E-state index is 0.245. The number of likely N-dealkylation sites (tertiary alicyclic amines) is 1. The molecule has 1 saturated carbocycles. The minimum Gasteiger partial charge on any atom is -0.388 e. The topological polar surface area (TPSA) is 58.7 Å². The first-order valence-electron chi connectivity index (χ1n) is 6.22. The fraction of sp³-hybridized carbons (Fsp3) is 1.00. The zero-order valence-corrected chi connectivity index (χ0v) is 10.4. The summed E-state index contributed by atoms with van der Waals surface area (Å²) in [4.78, 5) is 2.27. The van der Waals surface area contributed by atoms with Crippen molar-refractivity contribution in [2.75, 3.05) is 27.2 Å². The van der Waals surface area contributed by atoms with Gasteiger partial charge in [-0.05, 0) is 45.7 Å². The highest BCUT2D eigenvalue weighted by atomic mass is 16.5. The molecule has 1 aliphatic heterocycles. The second-order valence-corrected chi connectivity index (χ2v) is 5.61. The number of rotatable bonds is 2. The average molecular weight is 228 g/mol. The molecule has 2 rings (SSSR count). The molecule has 94 valence electrons. The van der Waals surface area contributed by atoms with E-state index in [0.717, 1.165) is 45.2 Å². The van der Waals surface area contributed by atoms with Crippen LogP contribution in [0.3, 0.4) is 0 Å². The smallest absolute Gasteiger partial charge is 0.0840 e. The van der Waals surface area contributed by atoms with Crippen LogP contribution >= 0.6 is 0 Å². The van der Waals surface area contributed by atoms with E-state index in [0.29, 0.717) is 0 Å². The Morgan fingerprint density at radius 3 is 2.62 bits per heavy atom. The number of nitrogens with zero attached hydrogens (tertiary/aromatic N) is 1. The van der Waals surface area contributed by atoms with Crippen LogP contribution in [0.15, 0.2) is 0 Å². The Kier molecular flexibility index (Phi) is 3.27. The van der Waals surface area contributed by atoms with Gasteiger partial charge in [0, 0.05) is 19.2 Å². The van der Waals surface area contributed by atoms with Crippen molar-refractivity contribution >= 4 is 0 Å². The van der Waals surface area contributed by atoms with E-state index in [1.54, 1.807) is 7.11 Å². The molecule has 0 aromatic heterocycles. The molecule has 4 heteroatoms. The first-order valence-corrected chi connectivity index (χ1v) is 6.22. The van der Waals surface area contributed by atoms with Gasteiger partial charge in [-0.15, -0.1) is 0 Å².